The molecule has 7 heteroatoms. The average molecular weight is 288 g/mol. The van der Waals surface area contributed by atoms with Crippen LogP contribution < -0.4 is 10.1 Å². The van der Waals surface area contributed by atoms with Crippen molar-refractivity contribution in [2.24, 2.45) is 0 Å². The van der Waals surface area contributed by atoms with Gasteiger partial charge in [0.25, 0.3) is 5.69 Å². The van der Waals surface area contributed by atoms with Gasteiger partial charge >= 0.3 is 0 Å². The number of anilines is 1. The number of hydrogen-bond donors (Lipinski definition) is 1. The molecule has 1 heterocycles. The number of furan rings is 1. The number of methoxy groups -OCH3 is 1. The van der Waals surface area contributed by atoms with Crippen molar-refractivity contribution in [1.29, 1.82) is 0 Å². The van der Waals surface area contributed by atoms with Crippen LogP contribution in [0.25, 0.3) is 6.08 Å². The van der Waals surface area contributed by atoms with Gasteiger partial charge in [-0.05, 0) is 24.3 Å². The Morgan fingerprint density at radius 3 is 2.86 bits per heavy atom. The molecule has 0 atom stereocenters. The number of nitro groups is 1. The lowest BCUT2D eigenvalue weighted by molar-refractivity contribution is -0.384. The summed E-state index contributed by atoms with van der Waals surface area (Å²) in [5, 5.41) is 13.3. The van der Waals surface area contributed by atoms with Crippen LogP contribution >= 0.6 is 0 Å². The maximum Gasteiger partial charge on any atom is 0.271 e. The van der Waals surface area contributed by atoms with Crippen LogP contribution in [0.5, 0.6) is 5.75 Å². The third-order valence-corrected chi connectivity index (χ3v) is 2.59. The number of non-ortho nitro benzene ring substituents is 1. The fourth-order valence-electron chi connectivity index (χ4n) is 1.63. The maximum absolute atomic E-state index is 11.8. The summed E-state index contributed by atoms with van der Waals surface area (Å²) < 4.78 is 10.1. The number of rotatable bonds is 5. The van der Waals surface area contributed by atoms with Crippen molar-refractivity contribution in [1.82, 2.24) is 0 Å². The number of nitrogens with one attached hydrogen (secondary N) is 1. The van der Waals surface area contributed by atoms with Crippen LogP contribution in [-0.4, -0.2) is 17.9 Å². The van der Waals surface area contributed by atoms with Gasteiger partial charge in [-0.2, -0.15) is 0 Å². The van der Waals surface area contributed by atoms with Gasteiger partial charge in [-0.25, -0.2) is 0 Å². The lowest BCUT2D eigenvalue weighted by Crippen LogP contribution is -2.09. The van der Waals surface area contributed by atoms with Gasteiger partial charge in [-0.3, -0.25) is 14.9 Å². The molecular weight excluding hydrogens is 276 g/mol. The summed E-state index contributed by atoms with van der Waals surface area (Å²) in [4.78, 5) is 22.0. The van der Waals surface area contributed by atoms with E-state index in [2.05, 4.69) is 5.32 Å². The van der Waals surface area contributed by atoms with Gasteiger partial charge in [0.2, 0.25) is 5.91 Å². The summed E-state index contributed by atoms with van der Waals surface area (Å²) in [6.45, 7) is 0. The highest BCUT2D eigenvalue weighted by Gasteiger charge is 2.12. The smallest absolute Gasteiger partial charge is 0.271 e. The number of benzene rings is 1. The van der Waals surface area contributed by atoms with E-state index in [-0.39, 0.29) is 11.4 Å². The van der Waals surface area contributed by atoms with Crippen LogP contribution in [-0.2, 0) is 4.79 Å². The molecule has 0 bridgehead atoms. The Morgan fingerprint density at radius 1 is 1.43 bits per heavy atom. The number of nitrogens with zero attached hydrogens (tertiary/aromatic N) is 1. The van der Waals surface area contributed by atoms with E-state index in [0.717, 1.165) is 0 Å². The maximum atomic E-state index is 11.8. The Bertz CT molecular complexity index is 677. The summed E-state index contributed by atoms with van der Waals surface area (Å²) in [5.74, 6) is 0.404. The van der Waals surface area contributed by atoms with Crippen molar-refractivity contribution in [3.63, 3.8) is 0 Å². The van der Waals surface area contributed by atoms with Gasteiger partial charge in [-0.1, -0.05) is 0 Å². The molecule has 1 N–H and O–H groups in total. The SMILES string of the molecule is COc1ccc([N+](=O)[O-])cc1NC(=O)C=Cc1ccco1. The number of amides is 1. The van der Waals surface area contributed by atoms with Crippen molar-refractivity contribution in [3.8, 4) is 5.75 Å². The van der Waals surface area contributed by atoms with Crippen LogP contribution in [0, 0.1) is 10.1 Å². The lowest BCUT2D eigenvalue weighted by Gasteiger charge is -2.08. The molecule has 0 aliphatic rings. The standard InChI is InChI=1S/C14H12N2O5/c1-20-13-6-4-10(16(18)19)9-12(13)15-14(17)7-5-11-3-2-8-21-11/h2-9H,1H3,(H,15,17). The van der Waals surface area contributed by atoms with Gasteiger partial charge in [0.1, 0.15) is 11.5 Å². The molecule has 0 radical (unpaired) electrons. The largest absolute Gasteiger partial charge is 0.495 e. The van der Waals surface area contributed by atoms with Crippen LogP contribution in [0.4, 0.5) is 11.4 Å². The van der Waals surface area contributed by atoms with E-state index in [1.807, 2.05) is 0 Å². The second-order valence-corrected chi connectivity index (χ2v) is 3.98. The van der Waals surface area contributed by atoms with E-state index in [1.165, 1.54) is 43.7 Å². The zero-order chi connectivity index (χ0) is 15.2. The summed E-state index contributed by atoms with van der Waals surface area (Å²) in [5.41, 5.74) is 0.0851. The Kier molecular flexibility index (Phi) is 4.35. The number of carbonyl (C=O) groups excluding carboxylic acids is 1. The van der Waals surface area contributed by atoms with E-state index in [0.29, 0.717) is 11.5 Å². The van der Waals surface area contributed by atoms with Gasteiger partial charge < -0.3 is 14.5 Å². The fourth-order valence-corrected chi connectivity index (χ4v) is 1.63. The molecule has 1 amide bonds. The fraction of sp³-hybridized carbons (Fsp3) is 0.0714. The third-order valence-electron chi connectivity index (χ3n) is 2.59. The predicted molar refractivity (Wildman–Crippen MR) is 76.0 cm³/mol. The minimum absolute atomic E-state index is 0.138. The van der Waals surface area contributed by atoms with Crippen molar-refractivity contribution in [3.05, 3.63) is 58.5 Å². The molecule has 0 saturated heterocycles. The molecular formula is C14H12N2O5. The van der Waals surface area contributed by atoms with Crippen LogP contribution in [0.1, 0.15) is 5.76 Å². The molecule has 0 unspecified atom stereocenters. The number of ether oxygens (including phenoxy) is 1. The Balaban J connectivity index is 2.15. The highest BCUT2D eigenvalue weighted by atomic mass is 16.6. The van der Waals surface area contributed by atoms with Crippen molar-refractivity contribution in [2.45, 2.75) is 0 Å². The zero-order valence-corrected chi connectivity index (χ0v) is 11.1. The van der Waals surface area contributed by atoms with E-state index < -0.39 is 10.8 Å². The summed E-state index contributed by atoms with van der Waals surface area (Å²) in [7, 11) is 1.41. The highest BCUT2D eigenvalue weighted by molar-refractivity contribution is 6.02. The topological polar surface area (TPSA) is 94.6 Å². The Labute approximate surface area is 120 Å². The van der Waals surface area contributed by atoms with Crippen LogP contribution in [0.2, 0.25) is 0 Å². The van der Waals surface area contributed by atoms with E-state index in [9.17, 15) is 14.9 Å². The minimum Gasteiger partial charge on any atom is -0.495 e. The lowest BCUT2D eigenvalue weighted by atomic mass is 10.2. The molecule has 2 rings (SSSR count). The zero-order valence-electron chi connectivity index (χ0n) is 11.1. The Hall–Kier alpha value is -3.09. The van der Waals surface area contributed by atoms with Crippen molar-refractivity contribution < 1.29 is 18.9 Å². The molecule has 0 saturated carbocycles. The number of carbonyl (C=O) groups is 1. The average Bonchev–Trinajstić information content (AvgIpc) is 2.98. The van der Waals surface area contributed by atoms with Gasteiger partial charge in [-0.15, -0.1) is 0 Å². The molecule has 0 aliphatic carbocycles. The number of nitro benzene ring substituents is 1. The highest BCUT2D eigenvalue weighted by Crippen LogP contribution is 2.28. The third kappa shape index (κ3) is 3.69. The van der Waals surface area contributed by atoms with E-state index in [1.54, 1.807) is 12.1 Å². The second kappa shape index (κ2) is 6.38. The number of hydrogen-bond acceptors (Lipinski definition) is 5. The molecule has 0 aliphatic heterocycles. The normalized spacial score (nSPS) is 10.5. The quantitative estimate of drug-likeness (QED) is 0.518. The molecule has 108 valence electrons. The minimum atomic E-state index is -0.548. The van der Waals surface area contributed by atoms with E-state index in [4.69, 9.17) is 9.15 Å². The van der Waals surface area contributed by atoms with E-state index >= 15 is 0 Å². The first-order chi connectivity index (χ1) is 10.1. The van der Waals surface area contributed by atoms with Gasteiger partial charge in [0, 0.05) is 18.2 Å². The van der Waals surface area contributed by atoms with Crippen molar-refractivity contribution in [2.75, 3.05) is 12.4 Å². The Morgan fingerprint density at radius 2 is 2.24 bits per heavy atom. The monoisotopic (exact) mass is 288 g/mol. The molecule has 0 spiro atoms. The summed E-state index contributed by atoms with van der Waals surface area (Å²) in [6.07, 6.45) is 4.23. The second-order valence-electron chi connectivity index (χ2n) is 3.98. The molecule has 1 aromatic heterocycles. The predicted octanol–water partition coefficient (Wildman–Crippen LogP) is 2.85. The van der Waals surface area contributed by atoms with Crippen LogP contribution in [0.3, 0.4) is 0 Å². The first-order valence-corrected chi connectivity index (χ1v) is 5.95. The summed E-state index contributed by atoms with van der Waals surface area (Å²) in [6, 6.07) is 7.34. The first-order valence-electron chi connectivity index (χ1n) is 5.95. The first kappa shape index (κ1) is 14.3. The van der Waals surface area contributed by atoms with Crippen LogP contribution in [0.15, 0.2) is 47.1 Å². The van der Waals surface area contributed by atoms with Gasteiger partial charge in [0.15, 0.2) is 0 Å². The van der Waals surface area contributed by atoms with Gasteiger partial charge in [0.05, 0.1) is 24.0 Å². The van der Waals surface area contributed by atoms with Crippen molar-refractivity contribution >= 4 is 23.4 Å². The molecule has 2 aromatic rings. The molecule has 7 nitrogen and oxygen atoms in total. The molecule has 21 heavy (non-hydrogen) atoms. The molecule has 0 fully saturated rings. The molecule has 1 aromatic carbocycles. The summed E-state index contributed by atoms with van der Waals surface area (Å²) >= 11 is 0.